The van der Waals surface area contributed by atoms with Gasteiger partial charge in [-0.05, 0) is 12.1 Å². The average Bonchev–Trinajstić information content (AvgIpc) is 2.79. The highest BCUT2D eigenvalue weighted by Crippen LogP contribution is 2.08. The van der Waals surface area contributed by atoms with Crippen LogP contribution in [0.2, 0.25) is 0 Å². The molecule has 2 heterocycles. The molecule has 0 aliphatic rings. The molecule has 2 rings (SSSR count). The molecular formula is C10H8N4S. The maximum atomic E-state index is 8.70. The molecule has 0 radical (unpaired) electrons. The predicted octanol–water partition coefficient (Wildman–Crippen LogP) is 2.02. The van der Waals surface area contributed by atoms with Crippen molar-refractivity contribution >= 4 is 17.2 Å². The second-order valence-corrected chi connectivity index (χ2v) is 3.59. The lowest BCUT2D eigenvalue weighted by Gasteiger charge is -2.02. The Kier molecular flexibility index (Phi) is 2.90. The van der Waals surface area contributed by atoms with Crippen molar-refractivity contribution in [2.24, 2.45) is 0 Å². The second-order valence-electron chi connectivity index (χ2n) is 2.87. The number of anilines is 1. The van der Waals surface area contributed by atoms with Crippen LogP contribution in [0.5, 0.6) is 0 Å². The molecule has 74 valence electrons. The van der Waals surface area contributed by atoms with Gasteiger partial charge in [0.1, 0.15) is 5.82 Å². The molecule has 0 amide bonds. The zero-order chi connectivity index (χ0) is 10.5. The molecule has 2 aromatic heterocycles. The number of nitrogens with one attached hydrogen (secondary N) is 1. The van der Waals surface area contributed by atoms with Crippen LogP contribution in [0.1, 0.15) is 11.3 Å². The van der Waals surface area contributed by atoms with Crippen LogP contribution in [0.25, 0.3) is 0 Å². The standard InChI is InChI=1S/C10H8N4S/c11-4-8-1-2-12-10(3-8)13-5-9-6-15-7-14-9/h1-3,6-7H,5H2,(H,12,13). The third-order valence-electron chi connectivity index (χ3n) is 1.82. The molecule has 0 aliphatic heterocycles. The summed E-state index contributed by atoms with van der Waals surface area (Å²) in [5.74, 6) is 0.696. The van der Waals surface area contributed by atoms with Gasteiger partial charge in [0.05, 0.1) is 29.4 Å². The molecule has 0 atom stereocenters. The number of nitrogens with zero attached hydrogens (tertiary/aromatic N) is 3. The highest BCUT2D eigenvalue weighted by Gasteiger charge is 1.97. The second kappa shape index (κ2) is 4.53. The first-order valence-corrected chi connectivity index (χ1v) is 5.30. The van der Waals surface area contributed by atoms with E-state index in [4.69, 9.17) is 5.26 Å². The molecule has 0 fully saturated rings. The topological polar surface area (TPSA) is 61.6 Å². The third kappa shape index (κ3) is 2.51. The van der Waals surface area contributed by atoms with E-state index in [1.807, 2.05) is 5.38 Å². The van der Waals surface area contributed by atoms with E-state index in [0.29, 0.717) is 17.9 Å². The van der Waals surface area contributed by atoms with Crippen molar-refractivity contribution in [3.63, 3.8) is 0 Å². The zero-order valence-electron chi connectivity index (χ0n) is 7.84. The van der Waals surface area contributed by atoms with Crippen LogP contribution in [0.4, 0.5) is 5.82 Å². The van der Waals surface area contributed by atoms with E-state index in [1.165, 1.54) is 0 Å². The van der Waals surface area contributed by atoms with Gasteiger partial charge in [0.25, 0.3) is 0 Å². The molecule has 0 aromatic carbocycles. The molecule has 4 nitrogen and oxygen atoms in total. The van der Waals surface area contributed by atoms with E-state index < -0.39 is 0 Å². The highest BCUT2D eigenvalue weighted by molar-refractivity contribution is 7.07. The minimum absolute atomic E-state index is 0.603. The Morgan fingerprint density at radius 1 is 1.47 bits per heavy atom. The van der Waals surface area contributed by atoms with Gasteiger partial charge >= 0.3 is 0 Å². The van der Waals surface area contributed by atoms with Crippen LogP contribution in [-0.4, -0.2) is 9.97 Å². The predicted molar refractivity (Wildman–Crippen MR) is 58.4 cm³/mol. The highest BCUT2D eigenvalue weighted by atomic mass is 32.1. The quantitative estimate of drug-likeness (QED) is 0.852. The van der Waals surface area contributed by atoms with Gasteiger partial charge in [0.2, 0.25) is 0 Å². The Labute approximate surface area is 91.2 Å². The SMILES string of the molecule is N#Cc1ccnc(NCc2cscn2)c1. The van der Waals surface area contributed by atoms with Gasteiger partial charge in [-0.3, -0.25) is 0 Å². The lowest BCUT2D eigenvalue weighted by Crippen LogP contribution is -2.01. The maximum absolute atomic E-state index is 8.70. The number of pyridine rings is 1. The van der Waals surface area contributed by atoms with Gasteiger partial charge in [-0.2, -0.15) is 5.26 Å². The Morgan fingerprint density at radius 3 is 3.13 bits per heavy atom. The van der Waals surface area contributed by atoms with Crippen LogP contribution in [0.15, 0.2) is 29.2 Å². The largest absolute Gasteiger partial charge is 0.364 e. The fourth-order valence-corrected chi connectivity index (χ4v) is 1.66. The van der Waals surface area contributed by atoms with Crippen LogP contribution >= 0.6 is 11.3 Å². The summed E-state index contributed by atoms with van der Waals surface area (Å²) in [6, 6.07) is 5.46. The van der Waals surface area contributed by atoms with Crippen LogP contribution in [-0.2, 0) is 6.54 Å². The van der Waals surface area contributed by atoms with E-state index in [0.717, 1.165) is 5.69 Å². The van der Waals surface area contributed by atoms with Gasteiger partial charge in [0, 0.05) is 11.6 Å². The van der Waals surface area contributed by atoms with Crippen LogP contribution in [0, 0.1) is 11.3 Å². The van der Waals surface area contributed by atoms with E-state index in [-0.39, 0.29) is 0 Å². The van der Waals surface area contributed by atoms with Gasteiger partial charge < -0.3 is 5.32 Å². The molecule has 0 aliphatic carbocycles. The van der Waals surface area contributed by atoms with Crippen molar-refractivity contribution in [2.75, 3.05) is 5.32 Å². The lowest BCUT2D eigenvalue weighted by atomic mass is 10.3. The molecule has 1 N–H and O–H groups in total. The molecule has 2 aromatic rings. The number of thiazole rings is 1. The van der Waals surface area contributed by atoms with Crippen molar-refractivity contribution in [3.8, 4) is 6.07 Å². The van der Waals surface area contributed by atoms with Crippen molar-refractivity contribution in [3.05, 3.63) is 40.5 Å². The lowest BCUT2D eigenvalue weighted by molar-refractivity contribution is 1.05. The molecule has 0 bridgehead atoms. The van der Waals surface area contributed by atoms with Crippen LogP contribution in [0.3, 0.4) is 0 Å². The van der Waals surface area contributed by atoms with Gasteiger partial charge in [0.15, 0.2) is 0 Å². The monoisotopic (exact) mass is 216 g/mol. The normalized spacial score (nSPS) is 9.53. The number of nitriles is 1. The summed E-state index contributed by atoms with van der Waals surface area (Å²) in [5, 5.41) is 13.8. The minimum atomic E-state index is 0.603. The number of rotatable bonds is 3. The summed E-state index contributed by atoms with van der Waals surface area (Å²) in [6.07, 6.45) is 1.61. The Morgan fingerprint density at radius 2 is 2.40 bits per heavy atom. The molecule has 0 unspecified atom stereocenters. The molecule has 15 heavy (non-hydrogen) atoms. The van der Waals surface area contributed by atoms with Crippen molar-refractivity contribution in [1.82, 2.24) is 9.97 Å². The first-order valence-electron chi connectivity index (χ1n) is 4.35. The van der Waals surface area contributed by atoms with Gasteiger partial charge in [-0.25, -0.2) is 9.97 Å². The summed E-state index contributed by atoms with van der Waals surface area (Å²) in [5.41, 5.74) is 3.37. The Hall–Kier alpha value is -1.93. The van der Waals surface area contributed by atoms with E-state index in [9.17, 15) is 0 Å². The first kappa shape index (κ1) is 9.62. The minimum Gasteiger partial charge on any atom is -0.364 e. The molecule has 0 spiro atoms. The summed E-state index contributed by atoms with van der Waals surface area (Å²) in [7, 11) is 0. The average molecular weight is 216 g/mol. The number of hydrogen-bond donors (Lipinski definition) is 1. The smallest absolute Gasteiger partial charge is 0.127 e. The number of aromatic nitrogens is 2. The number of hydrogen-bond acceptors (Lipinski definition) is 5. The Balaban J connectivity index is 2.02. The van der Waals surface area contributed by atoms with Crippen molar-refractivity contribution in [2.45, 2.75) is 6.54 Å². The third-order valence-corrected chi connectivity index (χ3v) is 2.46. The van der Waals surface area contributed by atoms with Gasteiger partial charge in [-0.15, -0.1) is 11.3 Å². The summed E-state index contributed by atoms with van der Waals surface area (Å²) in [6.45, 7) is 0.630. The summed E-state index contributed by atoms with van der Waals surface area (Å²) in [4.78, 5) is 8.24. The van der Waals surface area contributed by atoms with E-state index in [1.54, 1.807) is 35.2 Å². The molecule has 5 heteroatoms. The van der Waals surface area contributed by atoms with E-state index in [2.05, 4.69) is 21.4 Å². The summed E-state index contributed by atoms with van der Waals surface area (Å²) >= 11 is 1.56. The van der Waals surface area contributed by atoms with E-state index >= 15 is 0 Å². The first-order chi connectivity index (χ1) is 7.38. The van der Waals surface area contributed by atoms with Crippen LogP contribution < -0.4 is 5.32 Å². The maximum Gasteiger partial charge on any atom is 0.127 e. The Bertz CT molecular complexity index is 472. The fourth-order valence-electron chi connectivity index (χ4n) is 1.10. The molecule has 0 saturated carbocycles. The van der Waals surface area contributed by atoms with Crippen molar-refractivity contribution < 1.29 is 0 Å². The fraction of sp³-hybridized carbons (Fsp3) is 0.100. The van der Waals surface area contributed by atoms with Gasteiger partial charge in [-0.1, -0.05) is 0 Å². The zero-order valence-corrected chi connectivity index (χ0v) is 8.66. The molecular weight excluding hydrogens is 208 g/mol. The van der Waals surface area contributed by atoms with Crippen molar-refractivity contribution in [1.29, 1.82) is 5.26 Å². The summed E-state index contributed by atoms with van der Waals surface area (Å²) < 4.78 is 0. The molecule has 0 saturated heterocycles.